The summed E-state index contributed by atoms with van der Waals surface area (Å²) in [6.07, 6.45) is 1.63. The van der Waals surface area contributed by atoms with Gasteiger partial charge in [0.2, 0.25) is 5.91 Å². The Kier molecular flexibility index (Phi) is 4.26. The van der Waals surface area contributed by atoms with Gasteiger partial charge in [0.25, 0.3) is 0 Å². The molecule has 2 aromatic rings. The van der Waals surface area contributed by atoms with E-state index in [0.717, 1.165) is 11.5 Å². The number of pyridine rings is 1. The largest absolute Gasteiger partial charge is 0.340 e. The molecule has 0 aliphatic rings. The summed E-state index contributed by atoms with van der Waals surface area (Å²) in [4.78, 5) is 15.2. The average molecular weight is 283 g/mol. The van der Waals surface area contributed by atoms with Crippen molar-refractivity contribution < 1.29 is 4.79 Å². The van der Waals surface area contributed by atoms with Gasteiger partial charge in [-0.15, -0.1) is 0 Å². The molecule has 4 heteroatoms. The maximum Gasteiger partial charge on any atom is 0.221 e. The fourth-order valence-electron chi connectivity index (χ4n) is 1.95. The number of hydrogen-bond acceptors (Lipinski definition) is 3. The number of rotatable bonds is 3. The Morgan fingerprint density at radius 3 is 2.10 bits per heavy atom. The molecular weight excluding hydrogens is 262 g/mol. The minimum atomic E-state index is -0.102. The lowest BCUT2D eigenvalue weighted by Gasteiger charge is -2.19. The minimum absolute atomic E-state index is 0.102. The van der Waals surface area contributed by atoms with Gasteiger partial charge in [0.15, 0.2) is 0 Å². The zero-order valence-electron chi connectivity index (χ0n) is 12.9. The normalized spacial score (nSPS) is 11.0. The van der Waals surface area contributed by atoms with Crippen molar-refractivity contribution in [3.8, 4) is 0 Å². The summed E-state index contributed by atoms with van der Waals surface area (Å²) in [6.45, 7) is 8.05. The summed E-state index contributed by atoms with van der Waals surface area (Å²) in [5.41, 5.74) is 3.12. The number of carbonyl (C=O) groups excluding carboxylic acids is 1. The van der Waals surface area contributed by atoms with Crippen LogP contribution in [0.4, 0.5) is 17.2 Å². The molecule has 1 amide bonds. The van der Waals surface area contributed by atoms with Crippen LogP contribution in [-0.2, 0) is 10.2 Å². The molecule has 1 aromatic carbocycles. The number of amides is 1. The third-order valence-electron chi connectivity index (χ3n) is 3.11. The van der Waals surface area contributed by atoms with Crippen molar-refractivity contribution in [1.29, 1.82) is 0 Å². The fraction of sp³-hybridized carbons (Fsp3) is 0.294. The molecular formula is C17H21N3O. The Morgan fingerprint density at radius 1 is 1.00 bits per heavy atom. The fourth-order valence-corrected chi connectivity index (χ4v) is 1.95. The number of benzene rings is 1. The highest BCUT2D eigenvalue weighted by molar-refractivity contribution is 5.88. The summed E-state index contributed by atoms with van der Waals surface area (Å²) in [6, 6.07) is 12.0. The Morgan fingerprint density at radius 2 is 1.62 bits per heavy atom. The number of carbonyl (C=O) groups is 1. The summed E-state index contributed by atoms with van der Waals surface area (Å²) < 4.78 is 0. The highest BCUT2D eigenvalue weighted by Crippen LogP contribution is 2.24. The Balaban J connectivity index is 2.06. The van der Waals surface area contributed by atoms with E-state index in [2.05, 4.69) is 48.5 Å². The number of hydrogen-bond donors (Lipinski definition) is 2. The second-order valence-corrected chi connectivity index (χ2v) is 6.07. The number of anilines is 3. The van der Waals surface area contributed by atoms with Crippen molar-refractivity contribution in [3.05, 3.63) is 48.2 Å². The summed E-state index contributed by atoms with van der Waals surface area (Å²) >= 11 is 0. The first-order chi connectivity index (χ1) is 9.84. The summed E-state index contributed by atoms with van der Waals surface area (Å²) in [5, 5.41) is 5.93. The van der Waals surface area contributed by atoms with E-state index in [1.54, 1.807) is 6.20 Å². The number of nitrogens with zero attached hydrogens (tertiary/aromatic N) is 1. The highest BCUT2D eigenvalue weighted by Gasteiger charge is 2.12. The molecule has 0 spiro atoms. The molecule has 2 rings (SSSR count). The van der Waals surface area contributed by atoms with Gasteiger partial charge in [-0.1, -0.05) is 32.9 Å². The molecule has 0 fully saturated rings. The summed E-state index contributed by atoms with van der Waals surface area (Å²) in [7, 11) is 0. The molecule has 0 aliphatic heterocycles. The van der Waals surface area contributed by atoms with E-state index in [-0.39, 0.29) is 11.3 Å². The maximum absolute atomic E-state index is 10.9. The molecule has 0 bridgehead atoms. The van der Waals surface area contributed by atoms with Gasteiger partial charge in [-0.05, 0) is 35.2 Å². The van der Waals surface area contributed by atoms with Crippen LogP contribution in [0.2, 0.25) is 0 Å². The highest BCUT2D eigenvalue weighted by atomic mass is 16.1. The van der Waals surface area contributed by atoms with Crippen molar-refractivity contribution in [2.24, 2.45) is 0 Å². The van der Waals surface area contributed by atoms with Gasteiger partial charge in [-0.2, -0.15) is 0 Å². The lowest BCUT2D eigenvalue weighted by Crippen LogP contribution is -2.10. The molecule has 0 saturated heterocycles. The Bertz CT molecular complexity index is 610. The van der Waals surface area contributed by atoms with Gasteiger partial charge >= 0.3 is 0 Å². The van der Waals surface area contributed by atoms with Crippen molar-refractivity contribution in [1.82, 2.24) is 4.98 Å². The van der Waals surface area contributed by atoms with Gasteiger partial charge in [0, 0.05) is 12.6 Å². The van der Waals surface area contributed by atoms with Gasteiger partial charge < -0.3 is 10.6 Å². The van der Waals surface area contributed by atoms with Gasteiger partial charge in [-0.25, -0.2) is 4.98 Å². The third kappa shape index (κ3) is 4.31. The van der Waals surface area contributed by atoms with E-state index in [1.165, 1.54) is 12.5 Å². The molecule has 1 aromatic heterocycles. The molecule has 0 saturated carbocycles. The lowest BCUT2D eigenvalue weighted by atomic mass is 9.87. The van der Waals surface area contributed by atoms with E-state index in [1.807, 2.05) is 24.3 Å². The first-order valence-electron chi connectivity index (χ1n) is 6.96. The standard InChI is InChI=1S/C17H21N3O/c1-12(21)19-15-9-10-16(18-11-15)20-14-7-5-13(6-8-14)17(2,3)4/h5-11H,1-4H3,(H,18,20)(H,19,21). The first kappa shape index (κ1) is 15.0. The quantitative estimate of drug-likeness (QED) is 0.892. The predicted octanol–water partition coefficient (Wildman–Crippen LogP) is 4.08. The molecule has 1 heterocycles. The van der Waals surface area contributed by atoms with Crippen molar-refractivity contribution in [2.45, 2.75) is 33.1 Å². The van der Waals surface area contributed by atoms with Crippen molar-refractivity contribution in [3.63, 3.8) is 0 Å². The van der Waals surface area contributed by atoms with Crippen LogP contribution in [0.3, 0.4) is 0 Å². The SMILES string of the molecule is CC(=O)Nc1ccc(Nc2ccc(C(C)(C)C)cc2)nc1. The van der Waals surface area contributed by atoms with E-state index in [4.69, 9.17) is 0 Å². The zero-order valence-corrected chi connectivity index (χ0v) is 12.9. The van der Waals surface area contributed by atoms with E-state index < -0.39 is 0 Å². The van der Waals surface area contributed by atoms with Crippen LogP contribution < -0.4 is 10.6 Å². The molecule has 0 radical (unpaired) electrons. The van der Waals surface area contributed by atoms with Crippen molar-refractivity contribution in [2.75, 3.05) is 10.6 Å². The van der Waals surface area contributed by atoms with Gasteiger partial charge in [0.05, 0.1) is 11.9 Å². The van der Waals surface area contributed by atoms with Gasteiger partial charge in [0.1, 0.15) is 5.82 Å². The maximum atomic E-state index is 10.9. The second kappa shape index (κ2) is 5.95. The monoisotopic (exact) mass is 283 g/mol. The molecule has 0 unspecified atom stereocenters. The molecule has 4 nitrogen and oxygen atoms in total. The van der Waals surface area contributed by atoms with E-state index in [0.29, 0.717) is 5.69 Å². The number of nitrogens with one attached hydrogen (secondary N) is 2. The summed E-state index contributed by atoms with van der Waals surface area (Å²) in [5.74, 6) is 0.642. The molecule has 0 atom stereocenters. The van der Waals surface area contributed by atoms with E-state index >= 15 is 0 Å². The zero-order chi connectivity index (χ0) is 15.5. The van der Waals surface area contributed by atoms with Crippen LogP contribution >= 0.6 is 0 Å². The lowest BCUT2D eigenvalue weighted by molar-refractivity contribution is -0.114. The van der Waals surface area contributed by atoms with Crippen LogP contribution in [0.5, 0.6) is 0 Å². The van der Waals surface area contributed by atoms with Crippen molar-refractivity contribution >= 4 is 23.1 Å². The molecule has 110 valence electrons. The van der Waals surface area contributed by atoms with E-state index in [9.17, 15) is 4.79 Å². The Hall–Kier alpha value is -2.36. The van der Waals surface area contributed by atoms with Crippen LogP contribution in [0.25, 0.3) is 0 Å². The third-order valence-corrected chi connectivity index (χ3v) is 3.11. The smallest absolute Gasteiger partial charge is 0.221 e. The Labute approximate surface area is 125 Å². The average Bonchev–Trinajstić information content (AvgIpc) is 2.40. The molecule has 0 aliphatic carbocycles. The van der Waals surface area contributed by atoms with Crippen LogP contribution in [0.15, 0.2) is 42.6 Å². The van der Waals surface area contributed by atoms with Crippen LogP contribution in [0.1, 0.15) is 33.3 Å². The molecule has 21 heavy (non-hydrogen) atoms. The minimum Gasteiger partial charge on any atom is -0.340 e. The molecule has 2 N–H and O–H groups in total. The topological polar surface area (TPSA) is 54.0 Å². The second-order valence-electron chi connectivity index (χ2n) is 6.07. The number of aromatic nitrogens is 1. The van der Waals surface area contributed by atoms with Crippen LogP contribution in [-0.4, -0.2) is 10.9 Å². The van der Waals surface area contributed by atoms with Crippen LogP contribution in [0, 0.1) is 0 Å². The van der Waals surface area contributed by atoms with Gasteiger partial charge in [-0.3, -0.25) is 4.79 Å². The first-order valence-corrected chi connectivity index (χ1v) is 6.96. The predicted molar refractivity (Wildman–Crippen MR) is 87.0 cm³/mol.